The first-order valence-electron chi connectivity index (χ1n) is 8.77. The second kappa shape index (κ2) is 10.3. The Morgan fingerprint density at radius 1 is 0.968 bits per heavy atom. The monoisotopic (exact) mass is 488 g/mol. The van der Waals surface area contributed by atoms with Crippen molar-refractivity contribution in [3.8, 4) is 34.0 Å². The summed E-state index contributed by atoms with van der Waals surface area (Å²) in [4.78, 5) is 0. The minimum absolute atomic E-state index is 0.614. The van der Waals surface area contributed by atoms with Crippen molar-refractivity contribution < 1.29 is 31.3 Å². The summed E-state index contributed by atoms with van der Waals surface area (Å²) in [6.45, 7) is 0. The van der Waals surface area contributed by atoms with Crippen molar-refractivity contribution in [1.82, 2.24) is 4.68 Å². The van der Waals surface area contributed by atoms with E-state index in [4.69, 9.17) is 32.7 Å². The van der Waals surface area contributed by atoms with Crippen LogP contribution in [0, 0.1) is 0 Å². The third kappa shape index (κ3) is 6.34. The van der Waals surface area contributed by atoms with E-state index < -0.39 is 10.4 Å². The van der Waals surface area contributed by atoms with Crippen molar-refractivity contribution in [2.24, 2.45) is 14.1 Å². The smallest absolute Gasteiger partial charge is 0.239 e. The van der Waals surface area contributed by atoms with Crippen LogP contribution >= 0.6 is 23.2 Å². The molecule has 8 nitrogen and oxygen atoms in total. The van der Waals surface area contributed by atoms with E-state index >= 15 is 0 Å². The van der Waals surface area contributed by atoms with Gasteiger partial charge in [0.2, 0.25) is 16.1 Å². The Kier molecular flexibility index (Phi) is 8.33. The van der Waals surface area contributed by atoms with Crippen molar-refractivity contribution in [3.63, 3.8) is 0 Å². The number of rotatable bonds is 5. The van der Waals surface area contributed by atoms with E-state index in [-0.39, 0.29) is 0 Å². The molecule has 3 aromatic rings. The average molecular weight is 489 g/mol. The first kappa shape index (κ1) is 25.0. The molecule has 0 bridgehead atoms. The third-order valence-corrected chi connectivity index (χ3v) is 5.44. The van der Waals surface area contributed by atoms with Gasteiger partial charge in [-0.2, -0.15) is 4.68 Å². The molecule has 1 heterocycles. The van der Waals surface area contributed by atoms with Gasteiger partial charge in [0.05, 0.1) is 39.0 Å². The molecule has 0 unspecified atom stereocenters. The Hall–Kier alpha value is -2.30. The van der Waals surface area contributed by atoms with E-state index in [0.29, 0.717) is 10.0 Å². The van der Waals surface area contributed by atoms with E-state index in [9.17, 15) is 13.0 Å². The molecule has 2 aromatic carbocycles. The fraction of sp³-hybridized carbons (Fsp3) is 0.250. The van der Waals surface area contributed by atoms with Gasteiger partial charge in [-0.3, -0.25) is 4.18 Å². The molecular weight excluding hydrogens is 467 g/mol. The SMILES string of the molecule is COS(=O)(=O)[O-].COc1cc(OC)cc(-c2cc(-c3ccc(Cl)cc3Cl)n(C)[n+]2C)c1. The molecule has 0 amide bonds. The summed E-state index contributed by atoms with van der Waals surface area (Å²) in [5, 5.41) is 1.23. The highest BCUT2D eigenvalue weighted by atomic mass is 35.5. The Morgan fingerprint density at radius 3 is 1.97 bits per heavy atom. The van der Waals surface area contributed by atoms with Gasteiger partial charge >= 0.3 is 0 Å². The highest BCUT2D eigenvalue weighted by molar-refractivity contribution is 7.80. The maximum atomic E-state index is 9.22. The molecule has 0 aliphatic carbocycles. The first-order chi connectivity index (χ1) is 14.5. The molecular formula is C20H22Cl2N2O6S. The number of ether oxygens (including phenoxy) is 2. The van der Waals surface area contributed by atoms with Gasteiger partial charge in [0.1, 0.15) is 17.2 Å². The van der Waals surface area contributed by atoms with Gasteiger partial charge in [-0.25, -0.2) is 8.42 Å². The quantitative estimate of drug-likeness (QED) is 0.309. The molecule has 1 aromatic heterocycles. The van der Waals surface area contributed by atoms with E-state index in [1.807, 2.05) is 49.1 Å². The molecule has 168 valence electrons. The Balaban J connectivity index is 0.000000501. The van der Waals surface area contributed by atoms with Crippen LogP contribution in [-0.4, -0.2) is 39.0 Å². The summed E-state index contributed by atoms with van der Waals surface area (Å²) >= 11 is 12.4. The highest BCUT2D eigenvalue weighted by Crippen LogP contribution is 2.34. The fourth-order valence-corrected chi connectivity index (χ4v) is 3.32. The minimum atomic E-state index is -4.41. The molecule has 0 saturated heterocycles. The largest absolute Gasteiger partial charge is 0.726 e. The highest BCUT2D eigenvalue weighted by Gasteiger charge is 2.22. The fourth-order valence-electron chi connectivity index (χ4n) is 2.81. The molecule has 0 radical (unpaired) electrons. The van der Waals surface area contributed by atoms with Crippen molar-refractivity contribution in [1.29, 1.82) is 0 Å². The summed E-state index contributed by atoms with van der Waals surface area (Å²) < 4.78 is 45.9. The minimum Gasteiger partial charge on any atom is -0.726 e. The van der Waals surface area contributed by atoms with Gasteiger partial charge in [0, 0.05) is 22.7 Å². The molecule has 0 aliphatic heterocycles. The number of hydrogen-bond donors (Lipinski definition) is 0. The Bertz CT molecular complexity index is 1160. The van der Waals surface area contributed by atoms with Crippen molar-refractivity contribution >= 4 is 33.6 Å². The van der Waals surface area contributed by atoms with Crippen LogP contribution in [-0.2, 0) is 28.7 Å². The van der Waals surface area contributed by atoms with Gasteiger partial charge in [-0.05, 0) is 30.3 Å². The van der Waals surface area contributed by atoms with Crippen LogP contribution in [0.25, 0.3) is 22.5 Å². The van der Waals surface area contributed by atoms with E-state index in [0.717, 1.165) is 41.1 Å². The van der Waals surface area contributed by atoms with Crippen LogP contribution in [0.3, 0.4) is 0 Å². The molecule has 11 heteroatoms. The van der Waals surface area contributed by atoms with Gasteiger partial charge in [0.15, 0.2) is 7.05 Å². The molecule has 0 saturated carbocycles. The standard InChI is InChI=1S/C19H19Cl2N2O2.CH4O4S/c1-22-18(12-7-14(24-3)10-15(8-12)25-4)11-19(23(22)2)16-6-5-13(20)9-17(16)21;1-5-6(2,3)4/h5-11H,1-4H3;1H3,(H,2,3,4)/q+1;/p-1. The van der Waals surface area contributed by atoms with E-state index in [1.54, 1.807) is 20.3 Å². The predicted octanol–water partition coefficient (Wildman–Crippen LogP) is 3.60. The summed E-state index contributed by atoms with van der Waals surface area (Å²) in [6.07, 6.45) is 0. The Morgan fingerprint density at radius 2 is 1.52 bits per heavy atom. The van der Waals surface area contributed by atoms with Crippen LogP contribution in [0.5, 0.6) is 11.5 Å². The average Bonchev–Trinajstić information content (AvgIpc) is 3.02. The van der Waals surface area contributed by atoms with Crippen LogP contribution in [0.15, 0.2) is 42.5 Å². The Labute approximate surface area is 191 Å². The molecule has 0 spiro atoms. The number of methoxy groups -OCH3 is 2. The molecule has 3 rings (SSSR count). The van der Waals surface area contributed by atoms with Crippen molar-refractivity contribution in [2.45, 2.75) is 0 Å². The summed E-state index contributed by atoms with van der Waals surface area (Å²) in [5.41, 5.74) is 3.91. The van der Waals surface area contributed by atoms with Crippen LogP contribution in [0.1, 0.15) is 0 Å². The van der Waals surface area contributed by atoms with Crippen LogP contribution in [0.2, 0.25) is 10.0 Å². The molecule has 31 heavy (non-hydrogen) atoms. The molecule has 0 aliphatic rings. The number of benzene rings is 2. The summed E-state index contributed by atoms with van der Waals surface area (Å²) in [7, 11) is 3.66. The topological polar surface area (TPSA) is 93.7 Å². The zero-order valence-corrected chi connectivity index (χ0v) is 19.9. The third-order valence-electron chi connectivity index (χ3n) is 4.48. The zero-order valence-electron chi connectivity index (χ0n) is 17.5. The lowest BCUT2D eigenvalue weighted by Gasteiger charge is -2.06. The molecule has 0 N–H and O–H groups in total. The second-order valence-electron chi connectivity index (χ2n) is 6.26. The van der Waals surface area contributed by atoms with Gasteiger partial charge in [0.25, 0.3) is 0 Å². The lowest BCUT2D eigenvalue weighted by atomic mass is 10.1. The lowest BCUT2D eigenvalue weighted by Crippen LogP contribution is -2.39. The summed E-state index contributed by atoms with van der Waals surface area (Å²) in [6, 6.07) is 13.4. The van der Waals surface area contributed by atoms with E-state index in [2.05, 4.69) is 14.9 Å². The number of nitrogens with zero attached hydrogens (tertiary/aromatic N) is 2. The van der Waals surface area contributed by atoms with Gasteiger partial charge in [-0.1, -0.05) is 23.2 Å². The molecule has 0 atom stereocenters. The van der Waals surface area contributed by atoms with Crippen LogP contribution < -0.4 is 14.2 Å². The number of halogens is 2. The summed E-state index contributed by atoms with van der Waals surface area (Å²) in [5.74, 6) is 1.48. The van der Waals surface area contributed by atoms with Crippen molar-refractivity contribution in [3.05, 3.63) is 52.5 Å². The van der Waals surface area contributed by atoms with Gasteiger partial charge < -0.3 is 14.0 Å². The van der Waals surface area contributed by atoms with Crippen molar-refractivity contribution in [2.75, 3.05) is 21.3 Å². The van der Waals surface area contributed by atoms with Crippen LogP contribution in [0.4, 0.5) is 0 Å². The lowest BCUT2D eigenvalue weighted by molar-refractivity contribution is -0.740. The maximum Gasteiger partial charge on any atom is 0.239 e. The predicted molar refractivity (Wildman–Crippen MR) is 117 cm³/mol. The van der Waals surface area contributed by atoms with Gasteiger partial charge in [-0.15, -0.1) is 4.68 Å². The molecule has 0 fully saturated rings. The first-order valence-corrected chi connectivity index (χ1v) is 10.9. The normalized spacial score (nSPS) is 11.0. The zero-order chi connectivity index (χ0) is 23.3. The van der Waals surface area contributed by atoms with E-state index in [1.165, 1.54) is 0 Å². The number of hydrogen-bond acceptors (Lipinski definition) is 6. The second-order valence-corrected chi connectivity index (χ2v) is 8.26. The maximum absolute atomic E-state index is 9.22. The number of aromatic nitrogens is 2.